The number of hydrogen-bond donors (Lipinski definition) is 1. The monoisotopic (exact) mass is 341 g/mol. The van der Waals surface area contributed by atoms with Crippen molar-refractivity contribution >= 4 is 17.3 Å². The predicted octanol–water partition coefficient (Wildman–Crippen LogP) is 3.12. The lowest BCUT2D eigenvalue weighted by atomic mass is 10.00. The van der Waals surface area contributed by atoms with E-state index < -0.39 is 4.92 Å². The Bertz CT molecular complexity index is 742. The van der Waals surface area contributed by atoms with Crippen LogP contribution in [0, 0.1) is 10.1 Å². The van der Waals surface area contributed by atoms with E-state index >= 15 is 0 Å². The minimum absolute atomic E-state index is 0.0247. The van der Waals surface area contributed by atoms with Crippen LogP contribution in [0.15, 0.2) is 48.5 Å². The summed E-state index contributed by atoms with van der Waals surface area (Å²) in [5.74, 6) is -0.443. The molecule has 1 atom stereocenters. The number of benzene rings is 2. The highest BCUT2D eigenvalue weighted by molar-refractivity contribution is 5.83. The van der Waals surface area contributed by atoms with Crippen LogP contribution in [-0.4, -0.2) is 31.5 Å². The van der Waals surface area contributed by atoms with E-state index in [0.29, 0.717) is 6.54 Å². The number of nitro groups is 1. The minimum atomic E-state index is -0.448. The van der Waals surface area contributed by atoms with Crippen molar-refractivity contribution in [2.45, 2.75) is 19.3 Å². The molecule has 1 unspecified atom stereocenters. The summed E-state index contributed by atoms with van der Waals surface area (Å²) in [7, 11) is 3.99. The number of nitrogens with one attached hydrogen (secondary N) is 1. The first kappa shape index (κ1) is 18.4. The van der Waals surface area contributed by atoms with E-state index in [9.17, 15) is 14.9 Å². The average molecular weight is 341 g/mol. The SMILES string of the molecule is CC(C(=O)NCCc1ccccc1N(C)C)c1ccc([N+](=O)[O-])cc1. The Morgan fingerprint density at radius 2 is 1.80 bits per heavy atom. The molecular formula is C19H23N3O3. The average Bonchev–Trinajstić information content (AvgIpc) is 2.61. The summed E-state index contributed by atoms with van der Waals surface area (Å²) in [5, 5.41) is 13.6. The first-order valence-corrected chi connectivity index (χ1v) is 8.17. The van der Waals surface area contributed by atoms with Crippen LogP contribution in [-0.2, 0) is 11.2 Å². The molecule has 0 heterocycles. The molecule has 2 aromatic rings. The van der Waals surface area contributed by atoms with Gasteiger partial charge >= 0.3 is 0 Å². The second-order valence-electron chi connectivity index (χ2n) is 6.13. The number of hydrogen-bond acceptors (Lipinski definition) is 4. The smallest absolute Gasteiger partial charge is 0.269 e. The summed E-state index contributed by atoms with van der Waals surface area (Å²) in [6.45, 7) is 2.34. The van der Waals surface area contributed by atoms with Crippen molar-refractivity contribution in [3.05, 3.63) is 69.8 Å². The number of anilines is 1. The van der Waals surface area contributed by atoms with Crippen molar-refractivity contribution in [3.8, 4) is 0 Å². The Labute approximate surface area is 147 Å². The Morgan fingerprint density at radius 3 is 2.40 bits per heavy atom. The fourth-order valence-corrected chi connectivity index (χ4v) is 2.67. The summed E-state index contributed by atoms with van der Waals surface area (Å²) < 4.78 is 0. The highest BCUT2D eigenvalue weighted by Gasteiger charge is 2.16. The van der Waals surface area contributed by atoms with Gasteiger partial charge in [-0.3, -0.25) is 14.9 Å². The summed E-state index contributed by atoms with van der Waals surface area (Å²) in [4.78, 5) is 24.6. The molecule has 0 radical (unpaired) electrons. The van der Waals surface area contributed by atoms with Gasteiger partial charge in [0, 0.05) is 38.5 Å². The zero-order valence-electron chi connectivity index (χ0n) is 14.7. The van der Waals surface area contributed by atoms with Crippen LogP contribution in [0.3, 0.4) is 0 Å². The van der Waals surface area contributed by atoms with Gasteiger partial charge in [0.2, 0.25) is 5.91 Å². The maximum atomic E-state index is 12.3. The highest BCUT2D eigenvalue weighted by atomic mass is 16.6. The van der Waals surface area contributed by atoms with E-state index in [4.69, 9.17) is 0 Å². The normalized spacial score (nSPS) is 11.6. The first-order valence-electron chi connectivity index (χ1n) is 8.17. The van der Waals surface area contributed by atoms with Crippen molar-refractivity contribution in [1.29, 1.82) is 0 Å². The number of carbonyl (C=O) groups is 1. The number of rotatable bonds is 7. The third kappa shape index (κ3) is 4.79. The summed E-state index contributed by atoms with van der Waals surface area (Å²) in [5.41, 5.74) is 3.10. The third-order valence-electron chi connectivity index (χ3n) is 4.16. The number of nitro benzene ring substituents is 1. The fourth-order valence-electron chi connectivity index (χ4n) is 2.67. The maximum Gasteiger partial charge on any atom is 0.269 e. The van der Waals surface area contributed by atoms with E-state index in [2.05, 4.69) is 22.3 Å². The van der Waals surface area contributed by atoms with Gasteiger partial charge in [0.15, 0.2) is 0 Å². The van der Waals surface area contributed by atoms with Gasteiger partial charge in [0.25, 0.3) is 5.69 Å². The topological polar surface area (TPSA) is 75.5 Å². The molecule has 1 N–H and O–H groups in total. The minimum Gasteiger partial charge on any atom is -0.377 e. The quantitative estimate of drug-likeness (QED) is 0.620. The molecule has 2 aromatic carbocycles. The Balaban J connectivity index is 1.93. The van der Waals surface area contributed by atoms with Crippen LogP contribution in [0.2, 0.25) is 0 Å². The lowest BCUT2D eigenvalue weighted by molar-refractivity contribution is -0.384. The lowest BCUT2D eigenvalue weighted by Gasteiger charge is -2.18. The second-order valence-corrected chi connectivity index (χ2v) is 6.13. The Kier molecular flexibility index (Phi) is 6.11. The van der Waals surface area contributed by atoms with Gasteiger partial charge in [-0.2, -0.15) is 0 Å². The maximum absolute atomic E-state index is 12.3. The standard InChI is InChI=1S/C19H23N3O3/c1-14(15-8-10-17(11-9-15)22(24)25)19(23)20-13-12-16-6-4-5-7-18(16)21(2)3/h4-11,14H,12-13H2,1-3H3,(H,20,23). The number of carbonyl (C=O) groups excluding carboxylic acids is 1. The molecule has 6 nitrogen and oxygen atoms in total. The van der Waals surface area contributed by atoms with Crippen LogP contribution in [0.5, 0.6) is 0 Å². The molecule has 0 aliphatic rings. The van der Waals surface area contributed by atoms with Crippen LogP contribution < -0.4 is 10.2 Å². The van der Waals surface area contributed by atoms with Crippen LogP contribution in [0.1, 0.15) is 24.0 Å². The predicted molar refractivity (Wildman–Crippen MR) is 99.0 cm³/mol. The fraction of sp³-hybridized carbons (Fsp3) is 0.316. The molecule has 0 bridgehead atoms. The number of amides is 1. The van der Waals surface area contributed by atoms with Crippen LogP contribution in [0.4, 0.5) is 11.4 Å². The first-order chi connectivity index (χ1) is 11.9. The van der Waals surface area contributed by atoms with E-state index in [0.717, 1.165) is 17.7 Å². The van der Waals surface area contributed by atoms with Crippen molar-refractivity contribution in [2.24, 2.45) is 0 Å². The molecule has 0 saturated heterocycles. The van der Waals surface area contributed by atoms with Crippen molar-refractivity contribution in [1.82, 2.24) is 5.32 Å². The molecule has 0 aliphatic heterocycles. The molecule has 0 aromatic heterocycles. The van der Waals surface area contributed by atoms with Gasteiger partial charge in [-0.05, 0) is 30.5 Å². The molecule has 25 heavy (non-hydrogen) atoms. The van der Waals surface area contributed by atoms with Gasteiger partial charge in [-0.15, -0.1) is 0 Å². The van der Waals surface area contributed by atoms with Crippen LogP contribution >= 0.6 is 0 Å². The second kappa shape index (κ2) is 8.28. The highest BCUT2D eigenvalue weighted by Crippen LogP contribution is 2.20. The van der Waals surface area contributed by atoms with Gasteiger partial charge in [-0.1, -0.05) is 30.3 Å². The molecule has 0 spiro atoms. The number of nitrogens with zero attached hydrogens (tertiary/aromatic N) is 2. The summed E-state index contributed by atoms with van der Waals surface area (Å²) >= 11 is 0. The van der Waals surface area contributed by atoms with E-state index in [1.807, 2.05) is 26.2 Å². The van der Waals surface area contributed by atoms with Gasteiger partial charge in [0.1, 0.15) is 0 Å². The molecule has 0 fully saturated rings. The van der Waals surface area contributed by atoms with Gasteiger partial charge in [-0.25, -0.2) is 0 Å². The summed E-state index contributed by atoms with van der Waals surface area (Å²) in [6.07, 6.45) is 0.743. The lowest BCUT2D eigenvalue weighted by Crippen LogP contribution is -2.30. The molecule has 0 saturated carbocycles. The molecule has 6 heteroatoms. The number of non-ortho nitro benzene ring substituents is 1. The van der Waals surface area contributed by atoms with Crippen molar-refractivity contribution in [2.75, 3.05) is 25.5 Å². The van der Waals surface area contributed by atoms with E-state index in [-0.39, 0.29) is 17.5 Å². The van der Waals surface area contributed by atoms with Gasteiger partial charge in [0.05, 0.1) is 10.8 Å². The summed E-state index contributed by atoms with van der Waals surface area (Å²) in [6, 6.07) is 14.2. The zero-order valence-corrected chi connectivity index (χ0v) is 14.7. The van der Waals surface area contributed by atoms with Crippen LogP contribution in [0.25, 0.3) is 0 Å². The van der Waals surface area contributed by atoms with Gasteiger partial charge < -0.3 is 10.2 Å². The largest absolute Gasteiger partial charge is 0.377 e. The molecular weight excluding hydrogens is 318 g/mol. The molecule has 1 amide bonds. The van der Waals surface area contributed by atoms with E-state index in [1.54, 1.807) is 19.1 Å². The van der Waals surface area contributed by atoms with Crippen molar-refractivity contribution < 1.29 is 9.72 Å². The molecule has 2 rings (SSSR count). The Hall–Kier alpha value is -2.89. The van der Waals surface area contributed by atoms with E-state index in [1.165, 1.54) is 17.7 Å². The molecule has 0 aliphatic carbocycles. The number of para-hydroxylation sites is 1. The zero-order chi connectivity index (χ0) is 18.4. The van der Waals surface area contributed by atoms with Crippen molar-refractivity contribution in [3.63, 3.8) is 0 Å². The Morgan fingerprint density at radius 1 is 1.16 bits per heavy atom. The molecule has 132 valence electrons. The third-order valence-corrected chi connectivity index (χ3v) is 4.16.